The van der Waals surface area contributed by atoms with Crippen LogP contribution in [0.2, 0.25) is 0 Å². The highest BCUT2D eigenvalue weighted by molar-refractivity contribution is 5.73. The number of urea groups is 1. The summed E-state index contributed by atoms with van der Waals surface area (Å²) in [6, 6.07) is 3.64. The van der Waals surface area contributed by atoms with Gasteiger partial charge >= 0.3 is 6.03 Å². The number of rotatable bonds is 6. The Morgan fingerprint density at radius 1 is 1.27 bits per heavy atom. The standard InChI is InChI=1S/C18H26N6O2/c1-18(2,24-7-9-26-10-8-24)13-22-17(25)21-12-15-3-4-20-16(11-15)23-6-5-19-14-23/h3-6,11,14H,7-10,12-13H2,1-2H3,(H2,21,22,25). The third kappa shape index (κ3) is 4.80. The molecule has 3 heterocycles. The van der Waals surface area contributed by atoms with Crippen LogP contribution in [0, 0.1) is 0 Å². The summed E-state index contributed by atoms with van der Waals surface area (Å²) in [5.74, 6) is 0.774. The van der Waals surface area contributed by atoms with Gasteiger partial charge in [-0.3, -0.25) is 9.47 Å². The lowest BCUT2D eigenvalue weighted by Crippen LogP contribution is -2.56. The van der Waals surface area contributed by atoms with Crippen molar-refractivity contribution in [3.05, 3.63) is 42.6 Å². The minimum Gasteiger partial charge on any atom is -0.379 e. The van der Waals surface area contributed by atoms with Crippen molar-refractivity contribution in [1.82, 2.24) is 30.1 Å². The van der Waals surface area contributed by atoms with E-state index < -0.39 is 0 Å². The molecule has 1 fully saturated rings. The molecule has 2 N–H and O–H groups in total. The Hall–Kier alpha value is -2.45. The molecule has 0 aromatic carbocycles. The first kappa shape index (κ1) is 18.3. The maximum absolute atomic E-state index is 12.2. The van der Waals surface area contributed by atoms with E-state index in [2.05, 4.69) is 39.3 Å². The number of aromatic nitrogens is 3. The summed E-state index contributed by atoms with van der Waals surface area (Å²) in [6.07, 6.45) is 6.96. The Bertz CT molecular complexity index is 710. The number of pyridine rings is 1. The molecule has 8 heteroatoms. The van der Waals surface area contributed by atoms with Crippen molar-refractivity contribution in [2.75, 3.05) is 32.8 Å². The number of imidazole rings is 1. The van der Waals surface area contributed by atoms with Crippen LogP contribution in [0.25, 0.3) is 5.82 Å². The van der Waals surface area contributed by atoms with Gasteiger partial charge in [0, 0.05) is 50.3 Å². The number of morpholine rings is 1. The molecule has 0 atom stereocenters. The van der Waals surface area contributed by atoms with Crippen LogP contribution in [0.5, 0.6) is 0 Å². The second-order valence-electron chi connectivity index (χ2n) is 6.94. The van der Waals surface area contributed by atoms with Crippen LogP contribution in [0.3, 0.4) is 0 Å². The molecular formula is C18H26N6O2. The Balaban J connectivity index is 1.47. The molecule has 1 aliphatic heterocycles. The van der Waals surface area contributed by atoms with Gasteiger partial charge < -0.3 is 15.4 Å². The molecule has 3 rings (SSSR count). The summed E-state index contributed by atoms with van der Waals surface area (Å²) >= 11 is 0. The molecule has 140 valence electrons. The van der Waals surface area contributed by atoms with E-state index in [9.17, 15) is 4.79 Å². The van der Waals surface area contributed by atoms with E-state index in [4.69, 9.17) is 4.74 Å². The second kappa shape index (κ2) is 8.29. The number of hydrogen-bond acceptors (Lipinski definition) is 5. The van der Waals surface area contributed by atoms with Gasteiger partial charge in [-0.1, -0.05) is 0 Å². The largest absolute Gasteiger partial charge is 0.379 e. The molecule has 2 aromatic rings. The summed E-state index contributed by atoms with van der Waals surface area (Å²) in [7, 11) is 0. The SMILES string of the molecule is CC(C)(CNC(=O)NCc1ccnc(-n2ccnc2)c1)N1CCOCC1. The summed E-state index contributed by atoms with van der Waals surface area (Å²) in [4.78, 5) is 22.8. The molecule has 0 unspecified atom stereocenters. The third-order valence-electron chi connectivity index (χ3n) is 4.58. The Morgan fingerprint density at radius 2 is 2.08 bits per heavy atom. The van der Waals surface area contributed by atoms with Gasteiger partial charge in [-0.05, 0) is 31.5 Å². The Labute approximate surface area is 153 Å². The molecule has 1 aliphatic rings. The monoisotopic (exact) mass is 358 g/mol. The van der Waals surface area contributed by atoms with Crippen LogP contribution in [0.15, 0.2) is 37.1 Å². The highest BCUT2D eigenvalue weighted by atomic mass is 16.5. The highest BCUT2D eigenvalue weighted by Gasteiger charge is 2.28. The number of hydrogen-bond donors (Lipinski definition) is 2. The first-order valence-electron chi connectivity index (χ1n) is 8.82. The third-order valence-corrected chi connectivity index (χ3v) is 4.58. The zero-order valence-corrected chi connectivity index (χ0v) is 15.3. The number of amides is 2. The van der Waals surface area contributed by atoms with Crippen molar-refractivity contribution in [2.45, 2.75) is 25.9 Å². The van der Waals surface area contributed by atoms with Crippen molar-refractivity contribution in [2.24, 2.45) is 0 Å². The summed E-state index contributed by atoms with van der Waals surface area (Å²) in [5.41, 5.74) is 0.873. The summed E-state index contributed by atoms with van der Waals surface area (Å²) in [6.45, 7) is 8.57. The molecular weight excluding hydrogens is 332 g/mol. The fourth-order valence-corrected chi connectivity index (χ4v) is 2.93. The average Bonchev–Trinajstić information content (AvgIpc) is 3.21. The molecule has 2 aromatic heterocycles. The predicted octanol–water partition coefficient (Wildman–Crippen LogP) is 1.18. The minimum absolute atomic E-state index is 0.105. The van der Waals surface area contributed by atoms with Gasteiger partial charge in [0.1, 0.15) is 12.1 Å². The van der Waals surface area contributed by atoms with E-state index in [1.165, 1.54) is 0 Å². The van der Waals surface area contributed by atoms with Crippen LogP contribution >= 0.6 is 0 Å². The van der Waals surface area contributed by atoms with Gasteiger partial charge in [0.15, 0.2) is 0 Å². The molecule has 0 saturated carbocycles. The normalized spacial score (nSPS) is 15.6. The van der Waals surface area contributed by atoms with E-state index in [1.54, 1.807) is 18.7 Å². The van der Waals surface area contributed by atoms with Crippen LogP contribution in [0.1, 0.15) is 19.4 Å². The molecule has 0 spiro atoms. The number of carbonyl (C=O) groups excluding carboxylic acids is 1. The average molecular weight is 358 g/mol. The lowest BCUT2D eigenvalue weighted by molar-refractivity contribution is -0.00874. The number of ether oxygens (including phenoxy) is 1. The molecule has 1 saturated heterocycles. The van der Waals surface area contributed by atoms with E-state index >= 15 is 0 Å². The summed E-state index contributed by atoms with van der Waals surface area (Å²) in [5, 5.41) is 5.87. The summed E-state index contributed by atoms with van der Waals surface area (Å²) < 4.78 is 7.22. The second-order valence-corrected chi connectivity index (χ2v) is 6.94. The van der Waals surface area contributed by atoms with E-state index in [0.717, 1.165) is 37.7 Å². The molecule has 2 amide bonds. The lowest BCUT2D eigenvalue weighted by atomic mass is 10.0. The van der Waals surface area contributed by atoms with Crippen molar-refractivity contribution < 1.29 is 9.53 Å². The van der Waals surface area contributed by atoms with Gasteiger partial charge in [-0.2, -0.15) is 0 Å². The van der Waals surface area contributed by atoms with Crippen LogP contribution < -0.4 is 10.6 Å². The van der Waals surface area contributed by atoms with Crippen LogP contribution in [-0.2, 0) is 11.3 Å². The van der Waals surface area contributed by atoms with E-state index in [0.29, 0.717) is 13.1 Å². The Kier molecular flexibility index (Phi) is 5.85. The highest BCUT2D eigenvalue weighted by Crippen LogP contribution is 2.15. The van der Waals surface area contributed by atoms with Crippen LogP contribution in [-0.4, -0.2) is 63.9 Å². The zero-order chi connectivity index (χ0) is 18.4. The first-order valence-corrected chi connectivity index (χ1v) is 8.82. The van der Waals surface area contributed by atoms with Crippen molar-refractivity contribution >= 4 is 6.03 Å². The van der Waals surface area contributed by atoms with Gasteiger partial charge in [-0.25, -0.2) is 14.8 Å². The van der Waals surface area contributed by atoms with Gasteiger partial charge in [0.2, 0.25) is 0 Å². The topological polar surface area (TPSA) is 84.3 Å². The number of carbonyl (C=O) groups is 1. The maximum Gasteiger partial charge on any atom is 0.315 e. The smallest absolute Gasteiger partial charge is 0.315 e. The molecule has 0 bridgehead atoms. The lowest BCUT2D eigenvalue weighted by Gasteiger charge is -2.40. The minimum atomic E-state index is -0.174. The van der Waals surface area contributed by atoms with Crippen LogP contribution in [0.4, 0.5) is 4.79 Å². The van der Waals surface area contributed by atoms with Gasteiger partial charge in [0.25, 0.3) is 0 Å². The van der Waals surface area contributed by atoms with Crippen molar-refractivity contribution in [3.63, 3.8) is 0 Å². The van der Waals surface area contributed by atoms with Crippen molar-refractivity contribution in [3.8, 4) is 5.82 Å². The molecule has 8 nitrogen and oxygen atoms in total. The maximum atomic E-state index is 12.2. The molecule has 26 heavy (non-hydrogen) atoms. The number of nitrogens with zero attached hydrogens (tertiary/aromatic N) is 4. The van der Waals surface area contributed by atoms with Gasteiger partial charge in [-0.15, -0.1) is 0 Å². The first-order chi connectivity index (χ1) is 12.5. The predicted molar refractivity (Wildman–Crippen MR) is 98.1 cm³/mol. The quantitative estimate of drug-likeness (QED) is 0.810. The fourth-order valence-electron chi connectivity index (χ4n) is 2.93. The molecule has 0 aliphatic carbocycles. The van der Waals surface area contributed by atoms with E-state index in [1.807, 2.05) is 22.9 Å². The fraction of sp³-hybridized carbons (Fsp3) is 0.500. The zero-order valence-electron chi connectivity index (χ0n) is 15.3. The van der Waals surface area contributed by atoms with Crippen molar-refractivity contribution in [1.29, 1.82) is 0 Å². The van der Waals surface area contributed by atoms with Gasteiger partial charge in [0.05, 0.1) is 13.2 Å². The van der Waals surface area contributed by atoms with E-state index in [-0.39, 0.29) is 11.6 Å². The number of nitrogens with one attached hydrogen (secondary N) is 2. The Morgan fingerprint density at radius 3 is 2.81 bits per heavy atom. The molecule has 0 radical (unpaired) electrons.